The maximum atomic E-state index is 13.8. The van der Waals surface area contributed by atoms with Crippen molar-refractivity contribution in [3.05, 3.63) is 83.8 Å². The number of amides is 1. The van der Waals surface area contributed by atoms with Crippen molar-refractivity contribution in [1.29, 1.82) is 0 Å². The monoisotopic (exact) mass is 414 g/mol. The van der Waals surface area contributed by atoms with E-state index in [9.17, 15) is 9.18 Å². The lowest BCUT2D eigenvalue weighted by molar-refractivity contribution is 0.0732. The summed E-state index contributed by atoms with van der Waals surface area (Å²) in [4.78, 5) is 20.5. The average molecular weight is 414 g/mol. The summed E-state index contributed by atoms with van der Waals surface area (Å²) in [6.07, 6.45) is 3.71. The van der Waals surface area contributed by atoms with E-state index in [1.165, 1.54) is 12.1 Å². The van der Waals surface area contributed by atoms with Crippen LogP contribution >= 0.6 is 0 Å². The van der Waals surface area contributed by atoms with Crippen LogP contribution in [0.4, 0.5) is 4.39 Å². The summed E-state index contributed by atoms with van der Waals surface area (Å²) in [6.45, 7) is 3.14. The van der Waals surface area contributed by atoms with Crippen molar-refractivity contribution in [2.45, 2.75) is 38.9 Å². The number of aromatic nitrogens is 3. The highest BCUT2D eigenvalue weighted by Crippen LogP contribution is 2.32. The lowest BCUT2D eigenvalue weighted by Crippen LogP contribution is -2.32. The summed E-state index contributed by atoms with van der Waals surface area (Å²) >= 11 is 0. The van der Waals surface area contributed by atoms with Crippen LogP contribution in [0.15, 0.2) is 66.9 Å². The second-order valence-corrected chi connectivity index (χ2v) is 7.91. The van der Waals surface area contributed by atoms with E-state index < -0.39 is 0 Å². The molecule has 2 aromatic carbocycles. The number of carbonyl (C=O) groups is 1. The van der Waals surface area contributed by atoms with E-state index in [-0.39, 0.29) is 17.8 Å². The highest BCUT2D eigenvalue weighted by molar-refractivity contribution is 6.06. The van der Waals surface area contributed by atoms with Gasteiger partial charge in [0.1, 0.15) is 5.82 Å². The average Bonchev–Trinajstić information content (AvgIpc) is 3.56. The van der Waals surface area contributed by atoms with Crippen molar-refractivity contribution in [2.24, 2.45) is 0 Å². The molecule has 1 saturated carbocycles. The summed E-state index contributed by atoms with van der Waals surface area (Å²) in [6, 6.07) is 18.3. The molecule has 5 rings (SSSR count). The van der Waals surface area contributed by atoms with Crippen LogP contribution in [0.3, 0.4) is 0 Å². The normalized spacial score (nSPS) is 13.5. The van der Waals surface area contributed by atoms with Gasteiger partial charge in [0.2, 0.25) is 0 Å². The molecule has 0 saturated heterocycles. The van der Waals surface area contributed by atoms with Crippen molar-refractivity contribution in [3.8, 4) is 11.3 Å². The standard InChI is InChI=1S/C25H23FN4O/c1-2-30-24-22(15-27-30)21(14-23(28-24)18-6-4-3-5-7-18)25(31)29(20-12-13-20)16-17-8-10-19(26)11-9-17/h3-11,14-15,20H,2,12-13,16H2,1H3. The van der Waals surface area contributed by atoms with Crippen LogP contribution in [0, 0.1) is 5.82 Å². The lowest BCUT2D eigenvalue weighted by Gasteiger charge is -2.23. The number of aryl methyl sites for hydroxylation is 1. The van der Waals surface area contributed by atoms with Gasteiger partial charge in [0, 0.05) is 24.7 Å². The molecule has 0 spiro atoms. The SMILES string of the molecule is CCn1ncc2c(C(=O)N(Cc3ccc(F)cc3)C3CC3)cc(-c3ccccc3)nc21. The van der Waals surface area contributed by atoms with Gasteiger partial charge in [-0.25, -0.2) is 14.1 Å². The molecule has 1 aliphatic carbocycles. The minimum absolute atomic E-state index is 0.0351. The molecule has 1 amide bonds. The third-order valence-electron chi connectivity index (χ3n) is 5.72. The van der Waals surface area contributed by atoms with Crippen molar-refractivity contribution in [2.75, 3.05) is 0 Å². The second-order valence-electron chi connectivity index (χ2n) is 7.91. The minimum Gasteiger partial charge on any atom is -0.331 e. The second kappa shape index (κ2) is 7.95. The van der Waals surface area contributed by atoms with Crippen molar-refractivity contribution < 1.29 is 9.18 Å². The molecule has 0 unspecified atom stereocenters. The van der Waals surface area contributed by atoms with Crippen LogP contribution in [-0.2, 0) is 13.1 Å². The number of hydrogen-bond acceptors (Lipinski definition) is 3. The first-order valence-electron chi connectivity index (χ1n) is 10.6. The maximum Gasteiger partial charge on any atom is 0.255 e. The van der Waals surface area contributed by atoms with Crippen LogP contribution in [0.1, 0.15) is 35.7 Å². The third-order valence-corrected chi connectivity index (χ3v) is 5.72. The number of rotatable bonds is 6. The van der Waals surface area contributed by atoms with Crippen LogP contribution in [0.5, 0.6) is 0 Å². The molecule has 1 aliphatic rings. The highest BCUT2D eigenvalue weighted by atomic mass is 19.1. The Kier molecular flexibility index (Phi) is 4.98. The van der Waals surface area contributed by atoms with Gasteiger partial charge < -0.3 is 4.90 Å². The first-order valence-corrected chi connectivity index (χ1v) is 10.6. The molecule has 2 heterocycles. The Labute approximate surface area is 180 Å². The Hall–Kier alpha value is -3.54. The van der Waals surface area contributed by atoms with E-state index in [0.717, 1.165) is 35.0 Å². The molecule has 2 aromatic heterocycles. The third kappa shape index (κ3) is 3.81. The number of nitrogens with zero attached hydrogens (tertiary/aromatic N) is 4. The summed E-state index contributed by atoms with van der Waals surface area (Å²) in [7, 11) is 0. The summed E-state index contributed by atoms with van der Waals surface area (Å²) < 4.78 is 15.2. The van der Waals surface area contributed by atoms with E-state index in [2.05, 4.69) is 5.10 Å². The smallest absolute Gasteiger partial charge is 0.255 e. The van der Waals surface area contributed by atoms with E-state index in [4.69, 9.17) is 4.98 Å². The quantitative estimate of drug-likeness (QED) is 0.443. The fourth-order valence-corrected chi connectivity index (χ4v) is 3.91. The zero-order valence-corrected chi connectivity index (χ0v) is 17.3. The van der Waals surface area contributed by atoms with Crippen LogP contribution in [-0.4, -0.2) is 31.6 Å². The molecule has 4 aromatic rings. The Balaban J connectivity index is 1.59. The fraction of sp³-hybridized carbons (Fsp3) is 0.240. The molecule has 0 N–H and O–H groups in total. The Morgan fingerprint density at radius 3 is 2.55 bits per heavy atom. The van der Waals surface area contributed by atoms with Gasteiger partial charge >= 0.3 is 0 Å². The molecule has 0 aliphatic heterocycles. The summed E-state index contributed by atoms with van der Waals surface area (Å²) in [5.41, 5.74) is 3.95. The molecular weight excluding hydrogens is 391 g/mol. The summed E-state index contributed by atoms with van der Waals surface area (Å²) in [5.74, 6) is -0.310. The zero-order chi connectivity index (χ0) is 21.4. The molecular formula is C25H23FN4O. The van der Waals surface area contributed by atoms with E-state index >= 15 is 0 Å². The number of halogens is 1. The van der Waals surface area contributed by atoms with Crippen molar-refractivity contribution in [3.63, 3.8) is 0 Å². The van der Waals surface area contributed by atoms with Crippen molar-refractivity contribution >= 4 is 16.9 Å². The molecule has 0 atom stereocenters. The first-order chi connectivity index (χ1) is 15.1. The Morgan fingerprint density at radius 2 is 1.87 bits per heavy atom. The van der Waals surface area contributed by atoms with Gasteiger partial charge in [0.25, 0.3) is 5.91 Å². The van der Waals surface area contributed by atoms with E-state index in [1.807, 2.05) is 52.9 Å². The van der Waals surface area contributed by atoms with Crippen molar-refractivity contribution in [1.82, 2.24) is 19.7 Å². The number of benzene rings is 2. The fourth-order valence-electron chi connectivity index (χ4n) is 3.91. The molecule has 6 heteroatoms. The molecule has 1 fully saturated rings. The number of carbonyl (C=O) groups excluding carboxylic acids is 1. The number of pyridine rings is 1. The zero-order valence-electron chi connectivity index (χ0n) is 17.3. The van der Waals surface area contributed by atoms with Crippen LogP contribution in [0.2, 0.25) is 0 Å². The van der Waals surface area contributed by atoms with Gasteiger partial charge in [-0.3, -0.25) is 4.79 Å². The highest BCUT2D eigenvalue weighted by Gasteiger charge is 2.34. The van der Waals surface area contributed by atoms with Gasteiger partial charge in [0.15, 0.2) is 5.65 Å². The molecule has 156 valence electrons. The molecule has 31 heavy (non-hydrogen) atoms. The predicted octanol–water partition coefficient (Wildman–Crippen LogP) is 5.06. The minimum atomic E-state index is -0.275. The molecule has 0 bridgehead atoms. The van der Waals surface area contributed by atoms with Gasteiger partial charge in [-0.2, -0.15) is 5.10 Å². The van der Waals surface area contributed by atoms with E-state index in [0.29, 0.717) is 24.3 Å². The van der Waals surface area contributed by atoms with Crippen LogP contribution < -0.4 is 0 Å². The topological polar surface area (TPSA) is 51.0 Å². The maximum absolute atomic E-state index is 13.8. The van der Waals surface area contributed by atoms with Gasteiger partial charge in [-0.1, -0.05) is 42.5 Å². The first kappa shape index (κ1) is 19.4. The molecule has 5 nitrogen and oxygen atoms in total. The largest absolute Gasteiger partial charge is 0.331 e. The number of fused-ring (bicyclic) bond motifs is 1. The van der Waals surface area contributed by atoms with Crippen LogP contribution in [0.25, 0.3) is 22.3 Å². The van der Waals surface area contributed by atoms with Gasteiger partial charge in [-0.05, 0) is 43.5 Å². The van der Waals surface area contributed by atoms with Gasteiger partial charge in [0.05, 0.1) is 22.8 Å². The Morgan fingerprint density at radius 1 is 1.13 bits per heavy atom. The van der Waals surface area contributed by atoms with E-state index in [1.54, 1.807) is 18.3 Å². The summed E-state index contributed by atoms with van der Waals surface area (Å²) in [5, 5.41) is 5.21. The Bertz CT molecular complexity index is 1230. The lowest BCUT2D eigenvalue weighted by atomic mass is 10.1. The van der Waals surface area contributed by atoms with Gasteiger partial charge in [-0.15, -0.1) is 0 Å². The molecule has 0 radical (unpaired) electrons. The predicted molar refractivity (Wildman–Crippen MR) is 118 cm³/mol. The number of hydrogen-bond donors (Lipinski definition) is 0.